The van der Waals surface area contributed by atoms with E-state index >= 15 is 0 Å². The first-order chi connectivity index (χ1) is 7.86. The van der Waals surface area contributed by atoms with Gasteiger partial charge in [0.15, 0.2) is 0 Å². The van der Waals surface area contributed by atoms with Gasteiger partial charge in [-0.25, -0.2) is 0 Å². The Kier molecular flexibility index (Phi) is 2.86. The van der Waals surface area contributed by atoms with E-state index < -0.39 is 11.6 Å². The van der Waals surface area contributed by atoms with Gasteiger partial charge in [0.1, 0.15) is 0 Å². The van der Waals surface area contributed by atoms with Gasteiger partial charge in [-0.15, -0.1) is 0 Å². The first-order valence-corrected chi connectivity index (χ1v) is 8.35. The number of ether oxygens (including phenoxy) is 4. The molecule has 0 bridgehead atoms. The summed E-state index contributed by atoms with van der Waals surface area (Å²) in [6.07, 6.45) is 0.646. The Bertz CT molecular complexity index is 318. The van der Waals surface area contributed by atoms with Gasteiger partial charge in [-0.3, -0.25) is 0 Å². The standard InChI is InChI=1S/C12H20O4Se/c1-11(2)13-5-7(14-11)10-9-8(6-17-10)15-12(3,4)16-9/h7-10H,5-6H2,1-4H3/t7-,8-,9-,10+/m1/s1. The van der Waals surface area contributed by atoms with Gasteiger partial charge in [0, 0.05) is 0 Å². The quantitative estimate of drug-likeness (QED) is 0.689. The molecule has 3 aliphatic rings. The third kappa shape index (κ3) is 2.29. The topological polar surface area (TPSA) is 36.9 Å². The van der Waals surface area contributed by atoms with Gasteiger partial charge in [-0.1, -0.05) is 0 Å². The molecule has 0 N–H and O–H groups in total. The monoisotopic (exact) mass is 308 g/mol. The van der Waals surface area contributed by atoms with Gasteiger partial charge < -0.3 is 0 Å². The van der Waals surface area contributed by atoms with Crippen molar-refractivity contribution in [2.75, 3.05) is 6.61 Å². The summed E-state index contributed by atoms with van der Waals surface area (Å²) in [6.45, 7) is 8.62. The molecule has 4 nitrogen and oxygen atoms in total. The second kappa shape index (κ2) is 3.92. The van der Waals surface area contributed by atoms with Gasteiger partial charge >= 0.3 is 108 Å². The fourth-order valence-corrected chi connectivity index (χ4v) is 5.79. The van der Waals surface area contributed by atoms with Crippen LogP contribution < -0.4 is 0 Å². The average Bonchev–Trinajstić information content (AvgIpc) is 2.77. The zero-order valence-corrected chi connectivity index (χ0v) is 12.5. The summed E-state index contributed by atoms with van der Waals surface area (Å²) in [5, 5.41) is 1.13. The van der Waals surface area contributed by atoms with Crippen LogP contribution in [0.5, 0.6) is 0 Å². The van der Waals surface area contributed by atoms with E-state index in [9.17, 15) is 0 Å². The minimum atomic E-state index is -0.437. The Morgan fingerprint density at radius 2 is 1.65 bits per heavy atom. The molecule has 0 unspecified atom stereocenters. The van der Waals surface area contributed by atoms with E-state index in [-0.39, 0.29) is 18.3 Å². The predicted octanol–water partition coefficient (Wildman–Crippen LogP) is 1.58. The van der Waals surface area contributed by atoms with Gasteiger partial charge in [-0.2, -0.15) is 0 Å². The van der Waals surface area contributed by atoms with E-state index in [1.807, 2.05) is 27.7 Å². The fraction of sp³-hybridized carbons (Fsp3) is 1.00. The third-order valence-corrected chi connectivity index (χ3v) is 6.50. The molecular weight excluding hydrogens is 287 g/mol. The molecule has 4 atom stereocenters. The first-order valence-electron chi connectivity index (χ1n) is 6.15. The van der Waals surface area contributed by atoms with Crippen LogP contribution in [0.2, 0.25) is 10.1 Å². The Balaban J connectivity index is 1.70. The molecule has 3 fully saturated rings. The van der Waals surface area contributed by atoms with Crippen molar-refractivity contribution >= 4 is 15.0 Å². The van der Waals surface area contributed by atoms with Crippen LogP contribution in [0.15, 0.2) is 0 Å². The van der Waals surface area contributed by atoms with E-state index in [2.05, 4.69) is 0 Å². The van der Waals surface area contributed by atoms with E-state index in [4.69, 9.17) is 18.9 Å². The fourth-order valence-electron chi connectivity index (χ4n) is 2.77. The zero-order valence-electron chi connectivity index (χ0n) is 10.8. The summed E-state index contributed by atoms with van der Waals surface area (Å²) in [5.41, 5.74) is 0. The number of fused-ring (bicyclic) bond motifs is 1. The molecule has 0 spiro atoms. The van der Waals surface area contributed by atoms with Crippen molar-refractivity contribution in [1.29, 1.82) is 0 Å². The summed E-state index contributed by atoms with van der Waals surface area (Å²) < 4.78 is 23.6. The molecule has 0 aromatic carbocycles. The van der Waals surface area contributed by atoms with Crippen LogP contribution in [0.25, 0.3) is 0 Å². The summed E-state index contributed by atoms with van der Waals surface area (Å²) in [5.74, 6) is -0.868. The first kappa shape index (κ1) is 12.4. The Morgan fingerprint density at radius 3 is 2.29 bits per heavy atom. The van der Waals surface area contributed by atoms with Crippen molar-refractivity contribution in [2.45, 2.75) is 67.7 Å². The molecule has 5 heteroatoms. The van der Waals surface area contributed by atoms with E-state index in [0.717, 1.165) is 5.32 Å². The molecule has 3 rings (SSSR count). The third-order valence-electron chi connectivity index (χ3n) is 3.40. The molecule has 3 heterocycles. The van der Waals surface area contributed by atoms with E-state index in [0.29, 0.717) is 26.4 Å². The van der Waals surface area contributed by atoms with Crippen LogP contribution in [0.3, 0.4) is 0 Å². The molecule has 17 heavy (non-hydrogen) atoms. The molecule has 0 aliphatic carbocycles. The summed E-state index contributed by atoms with van der Waals surface area (Å²) >= 11 is 0.528. The van der Waals surface area contributed by atoms with Crippen molar-refractivity contribution in [3.63, 3.8) is 0 Å². The van der Waals surface area contributed by atoms with Crippen LogP contribution >= 0.6 is 0 Å². The molecule has 0 amide bonds. The van der Waals surface area contributed by atoms with E-state index in [1.165, 1.54) is 0 Å². The molecule has 0 saturated carbocycles. The Labute approximate surface area is 108 Å². The molecule has 98 valence electrons. The van der Waals surface area contributed by atoms with Crippen LogP contribution in [0, 0.1) is 0 Å². The Hall–Kier alpha value is 0.359. The maximum absolute atomic E-state index is 6.02. The van der Waals surface area contributed by atoms with E-state index in [1.54, 1.807) is 0 Å². The Morgan fingerprint density at radius 1 is 0.941 bits per heavy atom. The average molecular weight is 307 g/mol. The van der Waals surface area contributed by atoms with Crippen LogP contribution in [-0.2, 0) is 18.9 Å². The van der Waals surface area contributed by atoms with Gasteiger partial charge in [-0.05, 0) is 0 Å². The van der Waals surface area contributed by atoms with Crippen LogP contribution in [-0.4, -0.2) is 51.4 Å². The number of hydrogen-bond donors (Lipinski definition) is 0. The van der Waals surface area contributed by atoms with Crippen molar-refractivity contribution in [1.82, 2.24) is 0 Å². The van der Waals surface area contributed by atoms with Gasteiger partial charge in [0.25, 0.3) is 0 Å². The van der Waals surface area contributed by atoms with Crippen molar-refractivity contribution in [2.24, 2.45) is 0 Å². The molecule has 0 aromatic heterocycles. The number of hydrogen-bond acceptors (Lipinski definition) is 4. The predicted molar refractivity (Wildman–Crippen MR) is 63.0 cm³/mol. The van der Waals surface area contributed by atoms with Crippen molar-refractivity contribution in [3.05, 3.63) is 0 Å². The molecule has 0 aromatic rings. The molecule has 3 saturated heterocycles. The van der Waals surface area contributed by atoms with Crippen molar-refractivity contribution < 1.29 is 18.9 Å². The second-order valence-electron chi connectivity index (χ2n) is 5.80. The van der Waals surface area contributed by atoms with Crippen LogP contribution in [0.1, 0.15) is 27.7 Å². The zero-order chi connectivity index (χ0) is 12.3. The van der Waals surface area contributed by atoms with Gasteiger partial charge in [0.2, 0.25) is 0 Å². The summed E-state index contributed by atoms with van der Waals surface area (Å²) in [7, 11) is 0. The van der Waals surface area contributed by atoms with Crippen LogP contribution in [0.4, 0.5) is 0 Å². The molecule has 0 radical (unpaired) electrons. The molecular formula is C12H20O4Se. The SMILES string of the molecule is CC1(C)O[C@H]2[C@H]([C@H]3COC(C)(C)O3)[Se]C[C@H]2O1. The second-order valence-corrected chi connectivity index (χ2v) is 8.34. The molecule has 3 aliphatic heterocycles. The summed E-state index contributed by atoms with van der Waals surface area (Å²) in [4.78, 5) is 0.469. The minimum absolute atomic E-state index is 0.178. The maximum atomic E-state index is 6.02. The van der Waals surface area contributed by atoms with Gasteiger partial charge in [0.05, 0.1) is 0 Å². The van der Waals surface area contributed by atoms with Crippen molar-refractivity contribution in [3.8, 4) is 0 Å². The normalized spacial score (nSPS) is 47.3. The summed E-state index contributed by atoms with van der Waals surface area (Å²) in [6, 6.07) is 0. The number of rotatable bonds is 1.